The molecule has 0 bridgehead atoms. The van der Waals surface area contributed by atoms with Crippen LogP contribution in [0.1, 0.15) is 51.9 Å². The van der Waals surface area contributed by atoms with Crippen LogP contribution in [0.2, 0.25) is 0 Å². The fourth-order valence-electron chi connectivity index (χ4n) is 4.12. The van der Waals surface area contributed by atoms with E-state index in [2.05, 4.69) is 0 Å². The third-order valence-electron chi connectivity index (χ3n) is 5.63. The Bertz CT molecular complexity index is 472. The molecule has 7 unspecified atom stereocenters. The molecule has 4 aliphatic rings. The molecule has 0 aliphatic carbocycles. The molecular formula is C16H26B4O8. The lowest BCUT2D eigenvalue weighted by molar-refractivity contribution is -0.0442. The van der Waals surface area contributed by atoms with Crippen LogP contribution in [0.5, 0.6) is 0 Å². The molecule has 4 radical (unpaired) electrons. The fraction of sp³-hybridized carbons (Fsp3) is 1.00. The summed E-state index contributed by atoms with van der Waals surface area (Å²) in [6.07, 6.45) is 6.55. The van der Waals surface area contributed by atoms with Crippen LogP contribution in [-0.4, -0.2) is 80.1 Å². The minimum atomic E-state index is 0.0600. The second-order valence-electron chi connectivity index (χ2n) is 7.95. The van der Waals surface area contributed by atoms with E-state index in [0.29, 0.717) is 6.61 Å². The molecular weight excluding hydrogens is 363 g/mol. The highest BCUT2D eigenvalue weighted by Gasteiger charge is 2.34. The van der Waals surface area contributed by atoms with Crippen LogP contribution < -0.4 is 0 Å². The zero-order chi connectivity index (χ0) is 19.2. The quantitative estimate of drug-likeness (QED) is 0.613. The van der Waals surface area contributed by atoms with Gasteiger partial charge in [0.15, 0.2) is 0 Å². The molecule has 150 valence electrons. The van der Waals surface area contributed by atoms with Gasteiger partial charge in [-0.15, -0.1) is 0 Å². The molecule has 4 aliphatic heterocycles. The van der Waals surface area contributed by atoms with Crippen molar-refractivity contribution in [2.45, 2.75) is 94.6 Å². The van der Waals surface area contributed by atoms with E-state index in [1.54, 1.807) is 0 Å². The normalized spacial score (nSPS) is 41.8. The zero-order valence-electron chi connectivity index (χ0n) is 16.3. The summed E-state index contributed by atoms with van der Waals surface area (Å²) in [7, 11) is 5.82. The van der Waals surface area contributed by atoms with Crippen LogP contribution in [0, 0.1) is 0 Å². The van der Waals surface area contributed by atoms with Crippen LogP contribution >= 0.6 is 0 Å². The van der Waals surface area contributed by atoms with Crippen molar-refractivity contribution in [2.24, 2.45) is 0 Å². The minimum absolute atomic E-state index is 0.0600. The SMILES string of the molecule is CC1CC(CC2CC(CC3CC(CC4CCO[B]O4)O[B]O3)O[B]O2)O[B]O1. The zero-order valence-corrected chi connectivity index (χ0v) is 16.3. The van der Waals surface area contributed by atoms with Gasteiger partial charge in [-0.25, -0.2) is 0 Å². The summed E-state index contributed by atoms with van der Waals surface area (Å²) in [5.41, 5.74) is 0. The Labute approximate surface area is 169 Å². The predicted octanol–water partition coefficient (Wildman–Crippen LogP) is 0.641. The highest BCUT2D eigenvalue weighted by atomic mass is 16.6. The second-order valence-corrected chi connectivity index (χ2v) is 7.95. The third-order valence-corrected chi connectivity index (χ3v) is 5.63. The Kier molecular flexibility index (Phi) is 8.18. The molecule has 0 amide bonds. The van der Waals surface area contributed by atoms with Crippen molar-refractivity contribution in [1.82, 2.24) is 0 Å². The van der Waals surface area contributed by atoms with Gasteiger partial charge in [0.05, 0.1) is 0 Å². The molecule has 4 heterocycles. The Balaban J connectivity index is 1.19. The van der Waals surface area contributed by atoms with Crippen LogP contribution in [0.4, 0.5) is 0 Å². The number of hydrogen-bond donors (Lipinski definition) is 0. The molecule has 4 saturated heterocycles. The van der Waals surface area contributed by atoms with Crippen molar-refractivity contribution in [2.75, 3.05) is 6.61 Å². The molecule has 7 atom stereocenters. The van der Waals surface area contributed by atoms with E-state index in [-0.39, 0.29) is 42.7 Å². The first-order valence-corrected chi connectivity index (χ1v) is 10.2. The second kappa shape index (κ2) is 10.8. The molecule has 28 heavy (non-hydrogen) atoms. The summed E-state index contributed by atoms with van der Waals surface area (Å²) in [6.45, 7) is 2.74. The van der Waals surface area contributed by atoms with Crippen molar-refractivity contribution < 1.29 is 37.2 Å². The van der Waals surface area contributed by atoms with E-state index in [0.717, 1.165) is 44.9 Å². The highest BCUT2D eigenvalue weighted by molar-refractivity contribution is 6.19. The summed E-state index contributed by atoms with van der Waals surface area (Å²) in [5, 5.41) is 0. The molecule has 0 N–H and O–H groups in total. The topological polar surface area (TPSA) is 73.8 Å². The van der Waals surface area contributed by atoms with Crippen LogP contribution in [0.15, 0.2) is 0 Å². The van der Waals surface area contributed by atoms with Crippen molar-refractivity contribution >= 4 is 30.7 Å². The Morgan fingerprint density at radius 3 is 1.54 bits per heavy atom. The molecule has 0 spiro atoms. The van der Waals surface area contributed by atoms with E-state index in [1.807, 2.05) is 6.92 Å². The van der Waals surface area contributed by atoms with E-state index in [9.17, 15) is 0 Å². The first-order chi connectivity index (χ1) is 13.7. The summed E-state index contributed by atoms with van der Waals surface area (Å²) in [6, 6.07) is 0. The van der Waals surface area contributed by atoms with Crippen LogP contribution in [0.3, 0.4) is 0 Å². The van der Waals surface area contributed by atoms with Gasteiger partial charge in [0.1, 0.15) is 0 Å². The maximum Gasteiger partial charge on any atom is 0.488 e. The standard InChI is InChI=1S/C16H26B4O8/c1-10-4-12(24-18-22-10)6-14-8-16(28-20-26-14)9-15-7-13(25-19-27-15)5-11-2-3-21-17-23-11/h10-16H,2-9H2,1H3. The van der Waals surface area contributed by atoms with E-state index in [1.165, 1.54) is 30.7 Å². The van der Waals surface area contributed by atoms with Gasteiger partial charge in [0.25, 0.3) is 0 Å². The molecule has 12 heteroatoms. The largest absolute Gasteiger partial charge is 0.488 e. The molecule has 4 fully saturated rings. The van der Waals surface area contributed by atoms with Crippen molar-refractivity contribution in [1.29, 1.82) is 0 Å². The van der Waals surface area contributed by atoms with Gasteiger partial charge in [-0.1, -0.05) is 0 Å². The number of rotatable bonds is 6. The van der Waals surface area contributed by atoms with Gasteiger partial charge in [-0.3, -0.25) is 0 Å². The monoisotopic (exact) mass is 390 g/mol. The smallest absolute Gasteiger partial charge is 0.413 e. The molecule has 8 nitrogen and oxygen atoms in total. The Hall–Kier alpha value is -0.0603. The molecule has 0 aromatic rings. The predicted molar refractivity (Wildman–Crippen MR) is 101 cm³/mol. The van der Waals surface area contributed by atoms with Gasteiger partial charge >= 0.3 is 30.7 Å². The maximum absolute atomic E-state index is 5.70. The maximum atomic E-state index is 5.70. The van der Waals surface area contributed by atoms with Gasteiger partial charge in [-0.2, -0.15) is 0 Å². The molecule has 0 aromatic carbocycles. The summed E-state index contributed by atoms with van der Waals surface area (Å²) >= 11 is 0. The lowest BCUT2D eigenvalue weighted by Gasteiger charge is -2.37. The molecule has 0 saturated carbocycles. The van der Waals surface area contributed by atoms with Crippen molar-refractivity contribution in [3.63, 3.8) is 0 Å². The summed E-state index contributed by atoms with van der Waals surface area (Å²) in [4.78, 5) is 0. The summed E-state index contributed by atoms with van der Waals surface area (Å²) < 4.78 is 44.2. The first kappa shape index (κ1) is 21.2. The first-order valence-electron chi connectivity index (χ1n) is 10.2. The molecule has 0 aromatic heterocycles. The lowest BCUT2D eigenvalue weighted by Crippen LogP contribution is -2.42. The summed E-state index contributed by atoms with van der Waals surface area (Å²) in [5.74, 6) is 0. The fourth-order valence-corrected chi connectivity index (χ4v) is 4.12. The van der Waals surface area contributed by atoms with Gasteiger partial charge in [0, 0.05) is 49.3 Å². The van der Waals surface area contributed by atoms with E-state index >= 15 is 0 Å². The number of hydrogen-bond acceptors (Lipinski definition) is 8. The third kappa shape index (κ3) is 6.47. The van der Waals surface area contributed by atoms with Crippen molar-refractivity contribution in [3.8, 4) is 0 Å². The Morgan fingerprint density at radius 1 is 0.571 bits per heavy atom. The van der Waals surface area contributed by atoms with Gasteiger partial charge in [0.2, 0.25) is 0 Å². The van der Waals surface area contributed by atoms with Gasteiger partial charge in [-0.05, 0) is 51.9 Å². The lowest BCUT2D eigenvalue weighted by atomic mass is 9.91. The van der Waals surface area contributed by atoms with E-state index < -0.39 is 0 Å². The van der Waals surface area contributed by atoms with Crippen LogP contribution in [0.25, 0.3) is 0 Å². The Morgan fingerprint density at radius 2 is 1.04 bits per heavy atom. The average molecular weight is 390 g/mol. The molecule has 4 rings (SSSR count). The van der Waals surface area contributed by atoms with E-state index in [4.69, 9.17) is 37.2 Å². The van der Waals surface area contributed by atoms with Gasteiger partial charge < -0.3 is 37.2 Å². The van der Waals surface area contributed by atoms with Crippen molar-refractivity contribution in [3.05, 3.63) is 0 Å². The minimum Gasteiger partial charge on any atom is -0.413 e. The van der Waals surface area contributed by atoms with Crippen LogP contribution in [-0.2, 0) is 37.2 Å². The average Bonchev–Trinajstić information content (AvgIpc) is 2.69. The highest BCUT2D eigenvalue weighted by Crippen LogP contribution is 2.28.